The Labute approximate surface area is 297 Å². The summed E-state index contributed by atoms with van der Waals surface area (Å²) in [5.41, 5.74) is 15.3. The highest BCUT2D eigenvalue weighted by molar-refractivity contribution is 6.06. The van der Waals surface area contributed by atoms with Gasteiger partial charge in [-0.15, -0.1) is 0 Å². The summed E-state index contributed by atoms with van der Waals surface area (Å²) in [6.07, 6.45) is 0. The fourth-order valence-electron chi connectivity index (χ4n) is 8.37. The van der Waals surface area contributed by atoms with E-state index in [9.17, 15) is 0 Å². The van der Waals surface area contributed by atoms with E-state index in [2.05, 4.69) is 183 Å². The van der Waals surface area contributed by atoms with Crippen LogP contribution in [-0.4, -0.2) is 0 Å². The normalized spacial score (nSPS) is 13.1. The Hall–Kier alpha value is -6.38. The maximum Gasteiger partial charge on any atom is 0.135 e. The molecule has 0 atom stereocenters. The Morgan fingerprint density at radius 3 is 1.96 bits per heavy atom. The van der Waals surface area contributed by atoms with Crippen molar-refractivity contribution in [3.8, 4) is 33.4 Å². The lowest BCUT2D eigenvalue weighted by Crippen LogP contribution is -2.16. The molecule has 0 unspecified atom stereocenters. The van der Waals surface area contributed by atoms with Gasteiger partial charge in [0.2, 0.25) is 0 Å². The van der Waals surface area contributed by atoms with Crippen molar-refractivity contribution in [3.63, 3.8) is 0 Å². The summed E-state index contributed by atoms with van der Waals surface area (Å²) in [4.78, 5) is 2.37. The first-order valence-electron chi connectivity index (χ1n) is 17.7. The quantitative estimate of drug-likeness (QED) is 0.184. The first-order valence-corrected chi connectivity index (χ1v) is 17.7. The average molecular weight is 654 g/mol. The molecular weight excluding hydrogens is 619 g/mol. The zero-order valence-electron chi connectivity index (χ0n) is 28.6. The Kier molecular flexibility index (Phi) is 6.56. The van der Waals surface area contributed by atoms with Crippen LogP contribution in [0.2, 0.25) is 0 Å². The number of benzene rings is 8. The van der Waals surface area contributed by atoms with Gasteiger partial charge < -0.3 is 9.32 Å². The summed E-state index contributed by atoms with van der Waals surface area (Å²) < 4.78 is 6.23. The Morgan fingerprint density at radius 1 is 0.412 bits per heavy atom. The zero-order chi connectivity index (χ0) is 34.1. The Morgan fingerprint density at radius 2 is 1.06 bits per heavy atom. The van der Waals surface area contributed by atoms with Crippen molar-refractivity contribution in [2.75, 3.05) is 4.90 Å². The highest BCUT2D eigenvalue weighted by Gasteiger charge is 2.37. The fraction of sp³-hybridized carbons (Fsp3) is 0.0612. The minimum absolute atomic E-state index is 0.0841. The summed E-state index contributed by atoms with van der Waals surface area (Å²) in [5, 5.41) is 4.72. The molecule has 0 amide bonds. The van der Waals surface area contributed by atoms with Crippen molar-refractivity contribution >= 4 is 49.8 Å². The lowest BCUT2D eigenvalue weighted by atomic mass is 9.79. The van der Waals surface area contributed by atoms with Gasteiger partial charge in [-0.05, 0) is 110 Å². The Bertz CT molecular complexity index is 2780. The number of rotatable bonds is 5. The third-order valence-electron chi connectivity index (χ3n) is 10.8. The molecular formula is C49H35NO. The van der Waals surface area contributed by atoms with Crippen LogP contribution in [0.3, 0.4) is 0 Å². The molecule has 1 aliphatic carbocycles. The standard InChI is InChI=1S/C49H35NO/c1-49(2)45-19-7-5-15-41(45)43-18-10-17-40(48(43)49)33-23-25-37(26-24-33)50(39-27-28-47-44(31-39)42-16-6-8-20-46(42)51-47)38-14-9-13-35(30-38)36-22-21-32-11-3-4-12-34(32)29-36/h3-31H,1-2H3. The molecule has 2 nitrogen and oxygen atoms in total. The van der Waals surface area contributed by atoms with E-state index in [-0.39, 0.29) is 5.41 Å². The molecule has 10 rings (SSSR count). The largest absolute Gasteiger partial charge is 0.456 e. The number of anilines is 3. The topological polar surface area (TPSA) is 16.4 Å². The lowest BCUT2D eigenvalue weighted by Gasteiger charge is -2.27. The number of para-hydroxylation sites is 1. The van der Waals surface area contributed by atoms with Crippen LogP contribution < -0.4 is 4.90 Å². The number of hydrogen-bond acceptors (Lipinski definition) is 2. The summed E-state index contributed by atoms with van der Waals surface area (Å²) in [6, 6.07) is 63.7. The van der Waals surface area contributed by atoms with E-state index in [0.29, 0.717) is 0 Å². The molecule has 0 aliphatic heterocycles. The minimum atomic E-state index is -0.0841. The van der Waals surface area contributed by atoms with Crippen molar-refractivity contribution in [1.82, 2.24) is 0 Å². The maximum atomic E-state index is 6.23. The van der Waals surface area contributed by atoms with Gasteiger partial charge in [-0.2, -0.15) is 0 Å². The van der Waals surface area contributed by atoms with Gasteiger partial charge in [0.25, 0.3) is 0 Å². The van der Waals surface area contributed by atoms with Crippen LogP contribution in [0.25, 0.3) is 66.1 Å². The summed E-state index contributed by atoms with van der Waals surface area (Å²) in [7, 11) is 0. The minimum Gasteiger partial charge on any atom is -0.456 e. The second-order valence-corrected chi connectivity index (χ2v) is 14.2. The van der Waals surface area contributed by atoms with Gasteiger partial charge in [0.05, 0.1) is 0 Å². The molecule has 1 aliphatic rings. The van der Waals surface area contributed by atoms with Crippen LogP contribution in [0.5, 0.6) is 0 Å². The molecule has 0 N–H and O–H groups in total. The van der Waals surface area contributed by atoms with Crippen LogP contribution in [0, 0.1) is 0 Å². The van der Waals surface area contributed by atoms with Gasteiger partial charge in [-0.3, -0.25) is 0 Å². The number of nitrogens with zero attached hydrogens (tertiary/aromatic N) is 1. The SMILES string of the molecule is CC1(C)c2ccccc2-c2cccc(-c3ccc(N(c4cccc(-c5ccc6ccccc6c5)c4)c4ccc5oc6ccccc6c5c4)cc3)c21. The third kappa shape index (κ3) is 4.71. The molecule has 0 bridgehead atoms. The highest BCUT2D eigenvalue weighted by Crippen LogP contribution is 2.52. The molecule has 8 aromatic carbocycles. The first-order chi connectivity index (χ1) is 25.0. The van der Waals surface area contributed by atoms with Crippen LogP contribution in [-0.2, 0) is 5.41 Å². The average Bonchev–Trinajstić information content (AvgIpc) is 3.67. The molecule has 0 saturated heterocycles. The predicted molar refractivity (Wildman–Crippen MR) is 214 cm³/mol. The highest BCUT2D eigenvalue weighted by atomic mass is 16.3. The molecule has 1 heterocycles. The summed E-state index contributed by atoms with van der Waals surface area (Å²) in [6.45, 7) is 4.71. The zero-order valence-corrected chi connectivity index (χ0v) is 28.6. The second-order valence-electron chi connectivity index (χ2n) is 14.2. The smallest absolute Gasteiger partial charge is 0.135 e. The van der Waals surface area contributed by atoms with Gasteiger partial charge in [-0.1, -0.05) is 135 Å². The van der Waals surface area contributed by atoms with Crippen molar-refractivity contribution in [3.05, 3.63) is 187 Å². The van der Waals surface area contributed by atoms with E-state index in [4.69, 9.17) is 4.42 Å². The van der Waals surface area contributed by atoms with Crippen molar-refractivity contribution in [1.29, 1.82) is 0 Å². The number of hydrogen-bond donors (Lipinski definition) is 0. The van der Waals surface area contributed by atoms with Gasteiger partial charge >= 0.3 is 0 Å². The molecule has 0 spiro atoms. The monoisotopic (exact) mass is 653 g/mol. The van der Waals surface area contributed by atoms with Crippen LogP contribution in [0.4, 0.5) is 17.1 Å². The third-order valence-corrected chi connectivity index (χ3v) is 10.8. The lowest BCUT2D eigenvalue weighted by molar-refractivity contribution is 0.662. The van der Waals surface area contributed by atoms with Crippen molar-refractivity contribution < 1.29 is 4.42 Å². The summed E-state index contributed by atoms with van der Waals surface area (Å²) >= 11 is 0. The predicted octanol–water partition coefficient (Wildman–Crippen LogP) is 13.8. The Balaban J connectivity index is 1.11. The molecule has 0 fully saturated rings. The van der Waals surface area contributed by atoms with E-state index >= 15 is 0 Å². The number of fused-ring (bicyclic) bond motifs is 7. The molecule has 1 aromatic heterocycles. The van der Waals surface area contributed by atoms with E-state index in [1.54, 1.807) is 0 Å². The fourth-order valence-corrected chi connectivity index (χ4v) is 8.37. The van der Waals surface area contributed by atoms with E-state index < -0.39 is 0 Å². The molecule has 9 aromatic rings. The molecule has 51 heavy (non-hydrogen) atoms. The van der Waals surface area contributed by atoms with Crippen molar-refractivity contribution in [2.24, 2.45) is 0 Å². The molecule has 2 heteroatoms. The summed E-state index contributed by atoms with van der Waals surface area (Å²) in [5.74, 6) is 0. The maximum absolute atomic E-state index is 6.23. The van der Waals surface area contributed by atoms with E-state index in [0.717, 1.165) is 39.0 Å². The molecule has 242 valence electrons. The van der Waals surface area contributed by atoms with Crippen LogP contribution in [0.1, 0.15) is 25.0 Å². The van der Waals surface area contributed by atoms with Crippen molar-refractivity contribution in [2.45, 2.75) is 19.3 Å². The second kappa shape index (κ2) is 11.3. The molecule has 0 saturated carbocycles. The van der Waals surface area contributed by atoms with Gasteiger partial charge in [0.15, 0.2) is 0 Å². The van der Waals surface area contributed by atoms with Crippen LogP contribution in [0.15, 0.2) is 180 Å². The van der Waals surface area contributed by atoms with Gasteiger partial charge in [0.1, 0.15) is 11.2 Å². The van der Waals surface area contributed by atoms with E-state index in [1.165, 1.54) is 55.3 Å². The first kappa shape index (κ1) is 29.5. The van der Waals surface area contributed by atoms with E-state index in [1.807, 2.05) is 12.1 Å². The van der Waals surface area contributed by atoms with Gasteiger partial charge in [-0.25, -0.2) is 0 Å². The van der Waals surface area contributed by atoms with Crippen LogP contribution >= 0.6 is 0 Å². The van der Waals surface area contributed by atoms with Gasteiger partial charge in [0, 0.05) is 33.2 Å². The number of furan rings is 1. The molecule has 0 radical (unpaired) electrons.